The summed E-state index contributed by atoms with van der Waals surface area (Å²) < 4.78 is 0. The van der Waals surface area contributed by atoms with E-state index in [1.165, 1.54) is 11.8 Å². The second-order valence-electron chi connectivity index (χ2n) is 8.07. The van der Waals surface area contributed by atoms with Gasteiger partial charge in [0.15, 0.2) is 5.16 Å². The first-order chi connectivity index (χ1) is 16.5. The molecule has 3 aromatic heterocycles. The van der Waals surface area contributed by atoms with Gasteiger partial charge in [0.2, 0.25) is 0 Å². The Balaban J connectivity index is 1.50. The highest BCUT2D eigenvalue weighted by molar-refractivity contribution is 7.98. The maximum absolute atomic E-state index is 12.3. The van der Waals surface area contributed by atoms with Gasteiger partial charge >= 0.3 is 0 Å². The van der Waals surface area contributed by atoms with Gasteiger partial charge in [0, 0.05) is 49.2 Å². The molecule has 1 amide bonds. The van der Waals surface area contributed by atoms with Gasteiger partial charge in [-0.25, -0.2) is 19.9 Å². The number of pyridine rings is 1. The van der Waals surface area contributed by atoms with E-state index in [4.69, 9.17) is 0 Å². The quantitative estimate of drug-likeness (QED) is 0.286. The number of thioether (sulfide) groups is 1. The molecule has 34 heavy (non-hydrogen) atoms. The van der Waals surface area contributed by atoms with Gasteiger partial charge in [-0.05, 0) is 29.7 Å². The van der Waals surface area contributed by atoms with E-state index in [0.29, 0.717) is 12.1 Å². The van der Waals surface area contributed by atoms with Crippen LogP contribution in [0.3, 0.4) is 0 Å². The smallest absolute Gasteiger partial charge is 0.251 e. The third kappa shape index (κ3) is 4.99. The number of carbonyl (C=O) groups is 1. The molecule has 4 aromatic rings. The van der Waals surface area contributed by atoms with Gasteiger partial charge in [-0.3, -0.25) is 9.78 Å². The number of anilines is 1. The number of fused-ring (bicyclic) bond motifs is 1. The van der Waals surface area contributed by atoms with Crippen molar-refractivity contribution in [1.29, 1.82) is 0 Å². The van der Waals surface area contributed by atoms with Crippen LogP contribution in [0.15, 0.2) is 60.4 Å². The lowest BCUT2D eigenvalue weighted by Gasteiger charge is -2.22. The van der Waals surface area contributed by atoms with Crippen molar-refractivity contribution in [3.8, 4) is 11.3 Å². The molecule has 2 N–H and O–H groups in total. The van der Waals surface area contributed by atoms with Crippen LogP contribution < -0.4 is 10.6 Å². The molecule has 0 saturated carbocycles. The fraction of sp³-hybridized carbons (Fsp3) is 0.280. The predicted octanol–water partition coefficient (Wildman–Crippen LogP) is 4.42. The zero-order valence-electron chi connectivity index (χ0n) is 19.6. The standard InChI is InChI=1S/C25H27N7OS/c1-15(11-28-22-10-21(31-14-32-22)17-12-29-25(34-4)30-13-17)16(2)18-6-5-7-19-20(24(33)26-3)8-9-27-23(18)19/h5-10,12-16H,11H2,1-4H3,(H,26,33)(H,28,31,32)/t15-,16?/m1/s1. The number of hydrogen-bond acceptors (Lipinski definition) is 8. The van der Waals surface area contributed by atoms with Crippen molar-refractivity contribution < 1.29 is 4.79 Å². The number of nitrogens with one attached hydrogen (secondary N) is 2. The molecule has 8 nitrogen and oxygen atoms in total. The molecule has 0 spiro atoms. The number of rotatable bonds is 8. The Hall–Kier alpha value is -3.59. The van der Waals surface area contributed by atoms with E-state index in [9.17, 15) is 4.79 Å². The highest BCUT2D eigenvalue weighted by Crippen LogP contribution is 2.31. The summed E-state index contributed by atoms with van der Waals surface area (Å²) in [6.45, 7) is 5.09. The minimum Gasteiger partial charge on any atom is -0.370 e. The lowest BCUT2D eigenvalue weighted by Crippen LogP contribution is -2.19. The summed E-state index contributed by atoms with van der Waals surface area (Å²) in [5.74, 6) is 1.12. The molecule has 1 aromatic carbocycles. The normalized spacial score (nSPS) is 12.8. The van der Waals surface area contributed by atoms with Crippen LogP contribution >= 0.6 is 11.8 Å². The van der Waals surface area contributed by atoms with Gasteiger partial charge in [0.25, 0.3) is 5.91 Å². The van der Waals surface area contributed by atoms with Crippen LogP contribution in [0, 0.1) is 5.92 Å². The summed E-state index contributed by atoms with van der Waals surface area (Å²) in [5, 5.41) is 7.73. The number of hydrogen-bond donors (Lipinski definition) is 2. The third-order valence-corrected chi connectivity index (χ3v) is 6.57. The summed E-state index contributed by atoms with van der Waals surface area (Å²) in [6.07, 6.45) is 8.73. The highest BCUT2D eigenvalue weighted by Gasteiger charge is 2.19. The van der Waals surface area contributed by atoms with Gasteiger partial charge < -0.3 is 10.6 Å². The van der Waals surface area contributed by atoms with Gasteiger partial charge in [-0.15, -0.1) is 0 Å². The van der Waals surface area contributed by atoms with Crippen molar-refractivity contribution in [3.05, 3.63) is 66.4 Å². The zero-order chi connectivity index (χ0) is 24.1. The Morgan fingerprint density at radius 2 is 1.85 bits per heavy atom. The molecule has 0 radical (unpaired) electrons. The van der Waals surface area contributed by atoms with Crippen LogP contribution in [0.5, 0.6) is 0 Å². The molecule has 3 heterocycles. The SMILES string of the molecule is CNC(=O)c1ccnc2c(C(C)[C@H](C)CNc3cc(-c4cnc(SC)nc4)ncn3)cccc12. The van der Waals surface area contributed by atoms with Crippen LogP contribution in [-0.2, 0) is 0 Å². The highest BCUT2D eigenvalue weighted by atomic mass is 32.2. The summed E-state index contributed by atoms with van der Waals surface area (Å²) in [6, 6.07) is 9.69. The number of para-hydroxylation sites is 1. The molecule has 0 aliphatic rings. The second kappa shape index (κ2) is 10.6. The first-order valence-electron chi connectivity index (χ1n) is 11.0. The molecule has 0 bridgehead atoms. The van der Waals surface area contributed by atoms with E-state index < -0.39 is 0 Å². The summed E-state index contributed by atoms with van der Waals surface area (Å²) in [5.41, 5.74) is 4.23. The third-order valence-electron chi connectivity index (χ3n) is 6.00. The number of benzene rings is 1. The summed E-state index contributed by atoms with van der Waals surface area (Å²) in [4.78, 5) is 34.3. The van der Waals surface area contributed by atoms with Crippen molar-refractivity contribution in [2.75, 3.05) is 25.2 Å². The van der Waals surface area contributed by atoms with Crippen LogP contribution in [0.4, 0.5) is 5.82 Å². The number of aromatic nitrogens is 5. The van der Waals surface area contributed by atoms with Crippen molar-refractivity contribution in [1.82, 2.24) is 30.2 Å². The molecular weight excluding hydrogens is 446 g/mol. The Labute approximate surface area is 203 Å². The monoisotopic (exact) mass is 473 g/mol. The molecule has 0 aliphatic heterocycles. The molecular formula is C25H27N7OS. The van der Waals surface area contributed by atoms with Crippen LogP contribution in [0.25, 0.3) is 22.2 Å². The molecule has 2 atom stereocenters. The molecule has 174 valence electrons. The first-order valence-corrected chi connectivity index (χ1v) is 12.3. The number of nitrogens with zero attached hydrogens (tertiary/aromatic N) is 5. The second-order valence-corrected chi connectivity index (χ2v) is 8.85. The largest absolute Gasteiger partial charge is 0.370 e. The van der Waals surface area contributed by atoms with E-state index in [0.717, 1.165) is 38.7 Å². The van der Waals surface area contributed by atoms with Crippen molar-refractivity contribution in [2.24, 2.45) is 5.92 Å². The van der Waals surface area contributed by atoms with Gasteiger partial charge in [0.1, 0.15) is 12.1 Å². The number of amides is 1. The van der Waals surface area contributed by atoms with Gasteiger partial charge in [-0.2, -0.15) is 0 Å². The number of carbonyl (C=O) groups excluding carboxylic acids is 1. The van der Waals surface area contributed by atoms with E-state index >= 15 is 0 Å². The van der Waals surface area contributed by atoms with Crippen LogP contribution in [0.1, 0.15) is 35.7 Å². The molecule has 0 aliphatic carbocycles. The van der Waals surface area contributed by atoms with Crippen molar-refractivity contribution in [3.63, 3.8) is 0 Å². The topological polar surface area (TPSA) is 106 Å². The van der Waals surface area contributed by atoms with E-state index in [1.807, 2.05) is 24.5 Å². The fourth-order valence-electron chi connectivity index (χ4n) is 3.81. The Bertz CT molecular complexity index is 1300. The molecule has 0 fully saturated rings. The predicted molar refractivity (Wildman–Crippen MR) is 136 cm³/mol. The molecule has 9 heteroatoms. The van der Waals surface area contributed by atoms with E-state index in [2.05, 4.69) is 55.5 Å². The minimum atomic E-state index is -0.111. The minimum absolute atomic E-state index is 0.111. The van der Waals surface area contributed by atoms with E-state index in [-0.39, 0.29) is 17.7 Å². The van der Waals surface area contributed by atoms with Crippen molar-refractivity contribution >= 4 is 34.4 Å². The Morgan fingerprint density at radius 1 is 1.06 bits per heavy atom. The Kier molecular flexibility index (Phi) is 7.32. The maximum atomic E-state index is 12.3. The lowest BCUT2D eigenvalue weighted by molar-refractivity contribution is 0.0964. The van der Waals surface area contributed by atoms with Gasteiger partial charge in [0.05, 0.1) is 16.8 Å². The first kappa shape index (κ1) is 23.6. The Morgan fingerprint density at radius 3 is 2.59 bits per heavy atom. The van der Waals surface area contributed by atoms with Crippen LogP contribution in [-0.4, -0.2) is 50.7 Å². The maximum Gasteiger partial charge on any atom is 0.251 e. The van der Waals surface area contributed by atoms with Crippen molar-refractivity contribution in [2.45, 2.75) is 24.9 Å². The average molecular weight is 474 g/mol. The zero-order valence-corrected chi connectivity index (χ0v) is 20.4. The fourth-order valence-corrected chi connectivity index (χ4v) is 4.13. The lowest BCUT2D eigenvalue weighted by atomic mass is 9.87. The summed E-state index contributed by atoms with van der Waals surface area (Å²) in [7, 11) is 1.64. The van der Waals surface area contributed by atoms with Gasteiger partial charge in [-0.1, -0.05) is 43.8 Å². The van der Waals surface area contributed by atoms with Crippen LogP contribution in [0.2, 0.25) is 0 Å². The summed E-state index contributed by atoms with van der Waals surface area (Å²) >= 11 is 1.50. The van der Waals surface area contributed by atoms with E-state index in [1.54, 1.807) is 38.0 Å². The molecule has 1 unspecified atom stereocenters. The average Bonchev–Trinajstić information content (AvgIpc) is 2.90. The molecule has 4 rings (SSSR count). The molecule has 0 saturated heterocycles.